The topological polar surface area (TPSA) is 86.2 Å². The Hall–Kier alpha value is -3.38. The second-order valence-corrected chi connectivity index (χ2v) is 7.13. The smallest absolute Gasteiger partial charge is 0.146 e. The van der Waals surface area contributed by atoms with Crippen LogP contribution in [0.1, 0.15) is 18.9 Å². The molecule has 1 aliphatic carbocycles. The van der Waals surface area contributed by atoms with E-state index in [-0.39, 0.29) is 12.1 Å². The highest BCUT2D eigenvalue weighted by atomic mass is 16.5. The minimum Gasteiger partial charge on any atom is -0.457 e. The molecule has 6 heteroatoms. The van der Waals surface area contributed by atoms with Crippen molar-refractivity contribution in [2.24, 2.45) is 0 Å². The first-order valence-electron chi connectivity index (χ1n) is 9.31. The summed E-state index contributed by atoms with van der Waals surface area (Å²) in [6.45, 7) is 0. The lowest BCUT2D eigenvalue weighted by Gasteiger charge is -2.32. The molecule has 0 spiro atoms. The molecular formula is C22H20N4O2. The lowest BCUT2D eigenvalue weighted by Crippen LogP contribution is -2.30. The van der Waals surface area contributed by atoms with Crippen LogP contribution in [0.15, 0.2) is 67.1 Å². The molecule has 2 heterocycles. The molecule has 1 aliphatic rings. The van der Waals surface area contributed by atoms with Gasteiger partial charge in [-0.05, 0) is 42.7 Å². The van der Waals surface area contributed by atoms with E-state index in [2.05, 4.69) is 20.7 Å². The molecule has 0 unspecified atom stereocenters. The van der Waals surface area contributed by atoms with E-state index in [1.54, 1.807) is 0 Å². The van der Waals surface area contributed by atoms with Gasteiger partial charge in [-0.15, -0.1) is 0 Å². The minimum absolute atomic E-state index is 0.237. The quantitative estimate of drug-likeness (QED) is 0.561. The molecule has 2 aromatic heterocycles. The predicted octanol–water partition coefficient (Wildman–Crippen LogP) is 4.17. The average molecular weight is 372 g/mol. The third-order valence-corrected chi connectivity index (χ3v) is 5.26. The van der Waals surface area contributed by atoms with Gasteiger partial charge in [0, 0.05) is 17.8 Å². The van der Waals surface area contributed by atoms with Crippen molar-refractivity contribution in [3.8, 4) is 22.6 Å². The summed E-state index contributed by atoms with van der Waals surface area (Å²) < 4.78 is 7.99. The van der Waals surface area contributed by atoms with Crippen LogP contribution in [0.5, 0.6) is 11.5 Å². The monoisotopic (exact) mass is 372 g/mol. The zero-order valence-electron chi connectivity index (χ0n) is 15.2. The summed E-state index contributed by atoms with van der Waals surface area (Å²) in [5.41, 5.74) is 9.00. The van der Waals surface area contributed by atoms with E-state index in [1.165, 1.54) is 6.33 Å². The van der Waals surface area contributed by atoms with Crippen LogP contribution in [0.4, 0.5) is 5.82 Å². The van der Waals surface area contributed by atoms with Gasteiger partial charge in [-0.1, -0.05) is 30.3 Å². The number of para-hydroxylation sites is 1. The van der Waals surface area contributed by atoms with Crippen LogP contribution >= 0.6 is 0 Å². The van der Waals surface area contributed by atoms with Gasteiger partial charge < -0.3 is 20.1 Å². The van der Waals surface area contributed by atoms with Crippen LogP contribution < -0.4 is 10.5 Å². The molecule has 0 atom stereocenters. The number of aliphatic hydroxyl groups excluding tert-OH is 1. The fourth-order valence-corrected chi connectivity index (χ4v) is 3.72. The molecule has 1 fully saturated rings. The van der Waals surface area contributed by atoms with Crippen molar-refractivity contribution in [2.45, 2.75) is 25.0 Å². The van der Waals surface area contributed by atoms with Gasteiger partial charge in [-0.25, -0.2) is 9.97 Å². The van der Waals surface area contributed by atoms with Crippen LogP contribution in [0.3, 0.4) is 0 Å². The van der Waals surface area contributed by atoms with Crippen molar-refractivity contribution in [3.05, 3.63) is 67.1 Å². The lowest BCUT2D eigenvalue weighted by molar-refractivity contribution is 0.0502. The van der Waals surface area contributed by atoms with Crippen molar-refractivity contribution in [2.75, 3.05) is 5.73 Å². The maximum atomic E-state index is 9.70. The zero-order valence-corrected chi connectivity index (χ0v) is 15.2. The maximum absolute atomic E-state index is 9.70. The summed E-state index contributed by atoms with van der Waals surface area (Å²) >= 11 is 0. The van der Waals surface area contributed by atoms with E-state index in [9.17, 15) is 5.11 Å². The summed E-state index contributed by atoms with van der Waals surface area (Å²) in [5.74, 6) is 2.03. The fraction of sp³-hybridized carbons (Fsp3) is 0.182. The van der Waals surface area contributed by atoms with E-state index in [4.69, 9.17) is 10.5 Å². The van der Waals surface area contributed by atoms with Gasteiger partial charge in [0.1, 0.15) is 29.3 Å². The largest absolute Gasteiger partial charge is 0.457 e. The Labute approximate surface area is 162 Å². The minimum atomic E-state index is -0.237. The van der Waals surface area contributed by atoms with E-state index in [0.717, 1.165) is 46.5 Å². The van der Waals surface area contributed by atoms with Crippen LogP contribution in [0.2, 0.25) is 0 Å². The van der Waals surface area contributed by atoms with E-state index >= 15 is 0 Å². The number of fused-ring (bicyclic) bond motifs is 1. The first-order chi connectivity index (χ1) is 13.7. The Bertz CT molecular complexity index is 1120. The lowest BCUT2D eigenvalue weighted by atomic mass is 9.89. The van der Waals surface area contributed by atoms with Gasteiger partial charge in [-0.3, -0.25) is 0 Å². The second-order valence-electron chi connectivity index (χ2n) is 7.13. The maximum Gasteiger partial charge on any atom is 0.146 e. The highest BCUT2D eigenvalue weighted by Gasteiger charge is 2.31. The number of benzene rings is 2. The number of nitrogens with zero attached hydrogens (tertiary/aromatic N) is 3. The fourth-order valence-electron chi connectivity index (χ4n) is 3.72. The zero-order chi connectivity index (χ0) is 19.1. The molecule has 2 aromatic carbocycles. The standard InChI is InChI=1S/C22H20N4O2/c23-21-20-19(12-26(15-10-16(27)11-15)22(20)25-13-24-21)14-6-8-18(9-7-14)28-17-4-2-1-3-5-17/h1-9,12-13,15-16,27H,10-11H2,(H2,23,24,25)/t15-,16-. The number of nitrogens with two attached hydrogens (primary N) is 1. The highest BCUT2D eigenvalue weighted by Crippen LogP contribution is 2.40. The number of aromatic nitrogens is 3. The number of anilines is 1. The van der Waals surface area contributed by atoms with Gasteiger partial charge >= 0.3 is 0 Å². The summed E-state index contributed by atoms with van der Waals surface area (Å²) in [6.07, 6.45) is 4.79. The summed E-state index contributed by atoms with van der Waals surface area (Å²) in [4.78, 5) is 8.63. The van der Waals surface area contributed by atoms with Crippen LogP contribution in [0.25, 0.3) is 22.2 Å². The van der Waals surface area contributed by atoms with Crippen molar-refractivity contribution in [3.63, 3.8) is 0 Å². The third kappa shape index (κ3) is 2.88. The van der Waals surface area contributed by atoms with Gasteiger partial charge in [0.05, 0.1) is 11.5 Å². The van der Waals surface area contributed by atoms with Crippen molar-refractivity contribution < 1.29 is 9.84 Å². The number of nitrogen functional groups attached to an aromatic ring is 1. The molecule has 0 saturated heterocycles. The summed E-state index contributed by atoms with van der Waals surface area (Å²) in [5, 5.41) is 10.5. The van der Waals surface area contributed by atoms with Crippen LogP contribution in [-0.2, 0) is 0 Å². The molecule has 1 saturated carbocycles. The van der Waals surface area contributed by atoms with Crippen molar-refractivity contribution >= 4 is 16.9 Å². The Kier molecular flexibility index (Phi) is 3.98. The second kappa shape index (κ2) is 6.65. The van der Waals surface area contributed by atoms with Gasteiger partial charge in [0.2, 0.25) is 0 Å². The molecule has 3 N–H and O–H groups in total. The predicted molar refractivity (Wildman–Crippen MR) is 108 cm³/mol. The Morgan fingerprint density at radius 2 is 1.68 bits per heavy atom. The number of rotatable bonds is 4. The van der Waals surface area contributed by atoms with Crippen LogP contribution in [0, 0.1) is 0 Å². The first-order valence-corrected chi connectivity index (χ1v) is 9.31. The normalized spacial score (nSPS) is 18.8. The molecule has 0 bridgehead atoms. The number of hydrogen-bond acceptors (Lipinski definition) is 5. The molecule has 5 rings (SSSR count). The SMILES string of the molecule is Nc1ncnc2c1c(-c1ccc(Oc3ccccc3)cc1)cn2[C@H]1C[C@H](O)C1. The van der Waals surface area contributed by atoms with Gasteiger partial charge in [0.15, 0.2) is 0 Å². The number of hydrogen-bond donors (Lipinski definition) is 2. The average Bonchev–Trinajstić information content (AvgIpc) is 3.07. The van der Waals surface area contributed by atoms with E-state index in [0.29, 0.717) is 5.82 Å². The van der Waals surface area contributed by atoms with Crippen molar-refractivity contribution in [1.29, 1.82) is 0 Å². The Morgan fingerprint density at radius 3 is 2.39 bits per heavy atom. The molecule has 0 aliphatic heterocycles. The van der Waals surface area contributed by atoms with Gasteiger partial charge in [0.25, 0.3) is 0 Å². The molecular weight excluding hydrogens is 352 g/mol. The Balaban J connectivity index is 1.52. The molecule has 6 nitrogen and oxygen atoms in total. The molecule has 0 amide bonds. The van der Waals surface area contributed by atoms with Crippen molar-refractivity contribution in [1.82, 2.24) is 14.5 Å². The molecule has 4 aromatic rings. The highest BCUT2D eigenvalue weighted by molar-refractivity contribution is 6.00. The van der Waals surface area contributed by atoms with E-state index in [1.807, 2.05) is 54.6 Å². The summed E-state index contributed by atoms with van der Waals surface area (Å²) in [6, 6.07) is 17.8. The van der Waals surface area contributed by atoms with Crippen LogP contribution in [-0.4, -0.2) is 25.7 Å². The molecule has 140 valence electrons. The van der Waals surface area contributed by atoms with E-state index < -0.39 is 0 Å². The number of ether oxygens (including phenoxy) is 1. The van der Waals surface area contributed by atoms with Gasteiger partial charge in [-0.2, -0.15) is 0 Å². The Morgan fingerprint density at radius 1 is 0.964 bits per heavy atom. The third-order valence-electron chi connectivity index (χ3n) is 5.26. The summed E-state index contributed by atoms with van der Waals surface area (Å²) in [7, 11) is 0. The molecule has 0 radical (unpaired) electrons. The molecule has 28 heavy (non-hydrogen) atoms. The first kappa shape index (κ1) is 16.8. The number of aliphatic hydroxyl groups is 1.